The normalized spacial score (nSPS) is 18.0. The van der Waals surface area contributed by atoms with Gasteiger partial charge >= 0.3 is 0 Å². The fourth-order valence-electron chi connectivity index (χ4n) is 3.03. The quantitative estimate of drug-likeness (QED) is 0.653. The lowest BCUT2D eigenvalue weighted by Gasteiger charge is -2.43. The highest BCUT2D eigenvalue weighted by atomic mass is 16.5. The molecule has 0 aromatic heterocycles. The van der Waals surface area contributed by atoms with Gasteiger partial charge in [-0.1, -0.05) is 39.0 Å². The first-order valence-corrected chi connectivity index (χ1v) is 8.69. The Kier molecular flexibility index (Phi) is 6.10. The van der Waals surface area contributed by atoms with Gasteiger partial charge in [0.15, 0.2) is 0 Å². The van der Waals surface area contributed by atoms with E-state index in [-0.39, 0.29) is 5.60 Å². The van der Waals surface area contributed by atoms with Crippen LogP contribution in [0.25, 0.3) is 0 Å². The third kappa shape index (κ3) is 4.23. The van der Waals surface area contributed by atoms with E-state index in [0.717, 1.165) is 31.7 Å². The van der Waals surface area contributed by atoms with Gasteiger partial charge in [0, 0.05) is 0 Å². The summed E-state index contributed by atoms with van der Waals surface area (Å²) in [5, 5.41) is 3.51. The minimum Gasteiger partial charge on any atom is -0.487 e. The third-order valence-electron chi connectivity index (χ3n) is 4.84. The number of ether oxygens (including phenoxy) is 1. The lowest BCUT2D eigenvalue weighted by atomic mass is 9.77. The number of nitrogens with one attached hydrogen (secondary N) is 1. The molecule has 1 N–H and O–H groups in total. The molecule has 1 atom stereocenters. The molecule has 1 fully saturated rings. The summed E-state index contributed by atoms with van der Waals surface area (Å²) in [6, 6.07) is 8.61. The van der Waals surface area contributed by atoms with Gasteiger partial charge in [0.05, 0.1) is 0 Å². The van der Waals surface area contributed by atoms with Crippen molar-refractivity contribution < 1.29 is 4.74 Å². The molecule has 118 valence electrons. The number of hydrogen-bond acceptors (Lipinski definition) is 2. The van der Waals surface area contributed by atoms with E-state index in [2.05, 4.69) is 50.4 Å². The van der Waals surface area contributed by atoms with Gasteiger partial charge in [0.1, 0.15) is 11.4 Å². The molecule has 1 aliphatic carbocycles. The molecule has 0 aliphatic heterocycles. The summed E-state index contributed by atoms with van der Waals surface area (Å²) in [4.78, 5) is 0. The first kappa shape index (κ1) is 16.4. The zero-order chi connectivity index (χ0) is 15.1. The molecule has 1 unspecified atom stereocenters. The largest absolute Gasteiger partial charge is 0.487 e. The van der Waals surface area contributed by atoms with Gasteiger partial charge in [-0.05, 0) is 69.2 Å². The van der Waals surface area contributed by atoms with Crippen LogP contribution in [0.3, 0.4) is 0 Å². The van der Waals surface area contributed by atoms with E-state index in [4.69, 9.17) is 4.74 Å². The van der Waals surface area contributed by atoms with Crippen molar-refractivity contribution in [2.75, 3.05) is 13.1 Å². The molecule has 1 aromatic rings. The molecule has 0 bridgehead atoms. The van der Waals surface area contributed by atoms with Crippen molar-refractivity contribution in [3.63, 3.8) is 0 Å². The third-order valence-corrected chi connectivity index (χ3v) is 4.84. The Bertz CT molecular complexity index is 425. The molecule has 2 rings (SSSR count). The molecule has 0 radical (unpaired) electrons. The maximum atomic E-state index is 6.53. The first-order chi connectivity index (χ1) is 10.2. The van der Waals surface area contributed by atoms with Crippen molar-refractivity contribution in [3.05, 3.63) is 29.8 Å². The highest BCUT2D eigenvalue weighted by Gasteiger charge is 2.39. The van der Waals surface area contributed by atoms with Gasteiger partial charge in [-0.25, -0.2) is 0 Å². The maximum absolute atomic E-state index is 6.53. The summed E-state index contributed by atoms with van der Waals surface area (Å²) in [6.07, 6.45) is 7.20. The Labute approximate surface area is 130 Å². The second kappa shape index (κ2) is 7.84. The van der Waals surface area contributed by atoms with Gasteiger partial charge in [-0.15, -0.1) is 0 Å². The van der Waals surface area contributed by atoms with Gasteiger partial charge < -0.3 is 10.1 Å². The summed E-state index contributed by atoms with van der Waals surface area (Å²) < 4.78 is 6.53. The average Bonchev–Trinajstić information content (AvgIpc) is 2.48. The number of para-hydroxylation sites is 1. The van der Waals surface area contributed by atoms with E-state index >= 15 is 0 Å². The van der Waals surface area contributed by atoms with E-state index in [1.807, 2.05) is 0 Å². The van der Waals surface area contributed by atoms with E-state index in [9.17, 15) is 0 Å². The fourth-order valence-corrected chi connectivity index (χ4v) is 3.03. The van der Waals surface area contributed by atoms with Crippen LogP contribution in [0.2, 0.25) is 0 Å². The van der Waals surface area contributed by atoms with Crippen molar-refractivity contribution >= 4 is 0 Å². The molecule has 1 aliphatic rings. The number of benzene rings is 1. The Morgan fingerprint density at radius 3 is 2.57 bits per heavy atom. The molecule has 0 heterocycles. The highest BCUT2D eigenvalue weighted by Crippen LogP contribution is 2.41. The van der Waals surface area contributed by atoms with Crippen LogP contribution in [0.4, 0.5) is 0 Å². The average molecular weight is 289 g/mol. The molecule has 0 spiro atoms. The smallest absolute Gasteiger partial charge is 0.123 e. The van der Waals surface area contributed by atoms with Gasteiger partial charge in [-0.2, -0.15) is 0 Å². The van der Waals surface area contributed by atoms with Crippen molar-refractivity contribution in [1.29, 1.82) is 0 Å². The molecule has 2 nitrogen and oxygen atoms in total. The molecule has 21 heavy (non-hydrogen) atoms. The predicted molar refractivity (Wildman–Crippen MR) is 90.1 cm³/mol. The van der Waals surface area contributed by atoms with Crippen LogP contribution in [-0.4, -0.2) is 18.7 Å². The lowest BCUT2D eigenvalue weighted by molar-refractivity contribution is -0.0151. The van der Waals surface area contributed by atoms with Gasteiger partial charge in [-0.3, -0.25) is 0 Å². The van der Waals surface area contributed by atoms with Crippen LogP contribution < -0.4 is 10.1 Å². The van der Waals surface area contributed by atoms with E-state index in [1.54, 1.807) is 0 Å². The predicted octanol–water partition coefficient (Wildman–Crippen LogP) is 4.89. The standard InChI is InChI=1S/C19H31NO/c1-4-14-20-15-13-19(11-8-12-19)21-18-10-7-6-9-17(18)16(3)5-2/h6-7,9-10,16,20H,4-5,8,11-15H2,1-3H3. The van der Waals surface area contributed by atoms with E-state index < -0.39 is 0 Å². The molecular weight excluding hydrogens is 258 g/mol. The van der Waals surface area contributed by atoms with Crippen LogP contribution in [-0.2, 0) is 0 Å². The Morgan fingerprint density at radius 1 is 1.19 bits per heavy atom. The topological polar surface area (TPSA) is 21.3 Å². The SMILES string of the molecule is CCCNCCC1(Oc2ccccc2C(C)CC)CCC1. The lowest BCUT2D eigenvalue weighted by Crippen LogP contribution is -2.45. The number of rotatable bonds is 9. The summed E-state index contributed by atoms with van der Waals surface area (Å²) in [6.45, 7) is 8.93. The van der Waals surface area contributed by atoms with Crippen molar-refractivity contribution in [2.24, 2.45) is 0 Å². The summed E-state index contributed by atoms with van der Waals surface area (Å²) in [7, 11) is 0. The Balaban J connectivity index is 2.01. The Hall–Kier alpha value is -1.02. The second-order valence-corrected chi connectivity index (χ2v) is 6.49. The minimum atomic E-state index is 0.0876. The molecular formula is C19H31NO. The van der Waals surface area contributed by atoms with E-state index in [1.165, 1.54) is 31.2 Å². The summed E-state index contributed by atoms with van der Waals surface area (Å²) >= 11 is 0. The minimum absolute atomic E-state index is 0.0876. The van der Waals surface area contributed by atoms with Crippen molar-refractivity contribution in [1.82, 2.24) is 5.32 Å². The molecule has 1 aromatic carbocycles. The van der Waals surface area contributed by atoms with Crippen LogP contribution >= 0.6 is 0 Å². The molecule has 0 amide bonds. The zero-order valence-corrected chi connectivity index (χ0v) is 14.0. The monoisotopic (exact) mass is 289 g/mol. The first-order valence-electron chi connectivity index (χ1n) is 8.69. The van der Waals surface area contributed by atoms with Crippen LogP contribution in [0.1, 0.15) is 70.8 Å². The van der Waals surface area contributed by atoms with Gasteiger partial charge in [0.2, 0.25) is 0 Å². The fraction of sp³-hybridized carbons (Fsp3) is 0.684. The Morgan fingerprint density at radius 2 is 1.95 bits per heavy atom. The van der Waals surface area contributed by atoms with Crippen LogP contribution in [0.15, 0.2) is 24.3 Å². The second-order valence-electron chi connectivity index (χ2n) is 6.49. The maximum Gasteiger partial charge on any atom is 0.123 e. The summed E-state index contributed by atoms with van der Waals surface area (Å²) in [5.41, 5.74) is 1.46. The molecule has 1 saturated carbocycles. The van der Waals surface area contributed by atoms with Crippen molar-refractivity contribution in [3.8, 4) is 5.75 Å². The van der Waals surface area contributed by atoms with E-state index in [0.29, 0.717) is 5.92 Å². The van der Waals surface area contributed by atoms with Crippen molar-refractivity contribution in [2.45, 2.75) is 70.8 Å². The molecule has 0 saturated heterocycles. The highest BCUT2D eigenvalue weighted by molar-refractivity contribution is 5.36. The van der Waals surface area contributed by atoms with Crippen LogP contribution in [0.5, 0.6) is 5.75 Å². The summed E-state index contributed by atoms with van der Waals surface area (Å²) in [5.74, 6) is 1.68. The van der Waals surface area contributed by atoms with Gasteiger partial charge in [0.25, 0.3) is 0 Å². The number of hydrogen-bond donors (Lipinski definition) is 1. The molecule has 2 heteroatoms. The van der Waals surface area contributed by atoms with Crippen LogP contribution in [0, 0.1) is 0 Å². The zero-order valence-electron chi connectivity index (χ0n) is 14.0.